The molecule has 2 aromatic carbocycles. The van der Waals surface area contributed by atoms with Crippen LogP contribution in [0.25, 0.3) is 0 Å². The minimum atomic E-state index is 0.595. The van der Waals surface area contributed by atoms with Crippen molar-refractivity contribution in [1.82, 2.24) is 0 Å². The third-order valence-electron chi connectivity index (χ3n) is 2.91. The zero-order valence-electron chi connectivity index (χ0n) is 11.0. The monoisotopic (exact) mass is 251 g/mol. The second-order valence-corrected chi connectivity index (χ2v) is 4.61. The highest BCUT2D eigenvalue weighted by atomic mass is 16.4. The molecule has 0 aromatic heterocycles. The molecular formula is C17H17NO. The standard InChI is InChI=1S/C17H17NO/c1-13(2)12-15-10-6-7-11-16(15)17(18-19)14-8-4-3-5-9-14/h3-11,19H,1,12H2,2H3. The van der Waals surface area contributed by atoms with E-state index in [4.69, 9.17) is 0 Å². The first-order valence-corrected chi connectivity index (χ1v) is 6.22. The van der Waals surface area contributed by atoms with Crippen molar-refractivity contribution in [2.75, 3.05) is 0 Å². The average Bonchev–Trinajstić information content (AvgIpc) is 2.42. The van der Waals surface area contributed by atoms with Gasteiger partial charge in [0.25, 0.3) is 0 Å². The second kappa shape index (κ2) is 6.01. The van der Waals surface area contributed by atoms with Gasteiger partial charge < -0.3 is 5.21 Å². The molecule has 19 heavy (non-hydrogen) atoms. The topological polar surface area (TPSA) is 32.6 Å². The van der Waals surface area contributed by atoms with Gasteiger partial charge in [0.2, 0.25) is 0 Å². The normalized spacial score (nSPS) is 11.3. The minimum absolute atomic E-state index is 0.595. The summed E-state index contributed by atoms with van der Waals surface area (Å²) in [6.45, 7) is 5.94. The Balaban J connectivity index is 2.48. The molecule has 96 valence electrons. The molecule has 0 aliphatic rings. The van der Waals surface area contributed by atoms with Crippen molar-refractivity contribution in [2.45, 2.75) is 13.3 Å². The predicted molar refractivity (Wildman–Crippen MR) is 78.8 cm³/mol. The fourth-order valence-corrected chi connectivity index (χ4v) is 2.09. The second-order valence-electron chi connectivity index (χ2n) is 4.61. The lowest BCUT2D eigenvalue weighted by Crippen LogP contribution is -2.07. The lowest BCUT2D eigenvalue weighted by atomic mass is 9.94. The van der Waals surface area contributed by atoms with Crippen molar-refractivity contribution in [1.29, 1.82) is 0 Å². The van der Waals surface area contributed by atoms with Crippen LogP contribution in [0.3, 0.4) is 0 Å². The van der Waals surface area contributed by atoms with Gasteiger partial charge in [0.1, 0.15) is 5.71 Å². The molecule has 0 spiro atoms. The number of benzene rings is 2. The van der Waals surface area contributed by atoms with E-state index < -0.39 is 0 Å². The fraction of sp³-hybridized carbons (Fsp3) is 0.118. The Morgan fingerprint density at radius 2 is 1.68 bits per heavy atom. The third-order valence-corrected chi connectivity index (χ3v) is 2.91. The van der Waals surface area contributed by atoms with Crippen LogP contribution >= 0.6 is 0 Å². The highest BCUT2D eigenvalue weighted by Crippen LogP contribution is 2.18. The van der Waals surface area contributed by atoms with Crippen LogP contribution in [0.4, 0.5) is 0 Å². The maximum Gasteiger partial charge on any atom is 0.117 e. The van der Waals surface area contributed by atoms with Gasteiger partial charge in [-0.05, 0) is 18.9 Å². The van der Waals surface area contributed by atoms with E-state index >= 15 is 0 Å². The van der Waals surface area contributed by atoms with E-state index in [0.717, 1.165) is 28.7 Å². The summed E-state index contributed by atoms with van der Waals surface area (Å²) in [6.07, 6.45) is 0.780. The first-order chi connectivity index (χ1) is 9.22. The predicted octanol–water partition coefficient (Wildman–Crippen LogP) is 4.03. The van der Waals surface area contributed by atoms with Gasteiger partial charge in [-0.3, -0.25) is 0 Å². The highest BCUT2D eigenvalue weighted by molar-refractivity contribution is 6.13. The number of allylic oxidation sites excluding steroid dienone is 1. The van der Waals surface area contributed by atoms with Crippen molar-refractivity contribution < 1.29 is 5.21 Å². The Labute approximate surface area is 113 Å². The molecule has 2 heteroatoms. The smallest absolute Gasteiger partial charge is 0.117 e. The molecule has 2 nitrogen and oxygen atoms in total. The van der Waals surface area contributed by atoms with Gasteiger partial charge in [0.05, 0.1) is 0 Å². The van der Waals surface area contributed by atoms with Crippen LogP contribution in [-0.4, -0.2) is 10.9 Å². The molecule has 0 amide bonds. The number of oxime groups is 1. The molecule has 0 radical (unpaired) electrons. The van der Waals surface area contributed by atoms with Crippen molar-refractivity contribution in [3.05, 3.63) is 83.4 Å². The summed E-state index contributed by atoms with van der Waals surface area (Å²) in [5, 5.41) is 12.8. The lowest BCUT2D eigenvalue weighted by Gasteiger charge is -2.11. The van der Waals surface area contributed by atoms with Crippen LogP contribution in [0.2, 0.25) is 0 Å². The molecule has 0 fully saturated rings. The molecule has 2 aromatic rings. The van der Waals surface area contributed by atoms with Gasteiger partial charge in [-0.2, -0.15) is 0 Å². The van der Waals surface area contributed by atoms with E-state index in [2.05, 4.69) is 11.7 Å². The molecule has 0 unspecified atom stereocenters. The maximum atomic E-state index is 9.36. The quantitative estimate of drug-likeness (QED) is 0.378. The molecule has 0 heterocycles. The van der Waals surface area contributed by atoms with Crippen LogP contribution in [0, 0.1) is 0 Å². The summed E-state index contributed by atoms with van der Waals surface area (Å²) in [7, 11) is 0. The Hall–Kier alpha value is -2.35. The molecule has 1 N–H and O–H groups in total. The van der Waals surface area contributed by atoms with Gasteiger partial charge in [-0.1, -0.05) is 71.9 Å². The van der Waals surface area contributed by atoms with Gasteiger partial charge in [-0.25, -0.2) is 0 Å². The summed E-state index contributed by atoms with van der Waals surface area (Å²) in [6, 6.07) is 17.6. The van der Waals surface area contributed by atoms with Crippen LogP contribution in [-0.2, 0) is 6.42 Å². The largest absolute Gasteiger partial charge is 0.410 e. The van der Waals surface area contributed by atoms with Crippen LogP contribution in [0.15, 0.2) is 71.9 Å². The highest BCUT2D eigenvalue weighted by Gasteiger charge is 2.11. The Bertz CT molecular complexity index is 600. The van der Waals surface area contributed by atoms with E-state index in [-0.39, 0.29) is 0 Å². The summed E-state index contributed by atoms with van der Waals surface area (Å²) >= 11 is 0. The Morgan fingerprint density at radius 1 is 1.05 bits per heavy atom. The molecule has 0 saturated carbocycles. The van der Waals surface area contributed by atoms with Crippen molar-refractivity contribution in [3.63, 3.8) is 0 Å². The molecule has 0 saturated heterocycles. The number of hydrogen-bond acceptors (Lipinski definition) is 2. The minimum Gasteiger partial charge on any atom is -0.410 e. The van der Waals surface area contributed by atoms with E-state index in [9.17, 15) is 5.21 Å². The first kappa shape index (κ1) is 13.1. The summed E-state index contributed by atoms with van der Waals surface area (Å²) in [5.41, 5.74) is 4.64. The van der Waals surface area contributed by atoms with Gasteiger partial charge in [-0.15, -0.1) is 0 Å². The van der Waals surface area contributed by atoms with Gasteiger partial charge in [0.15, 0.2) is 0 Å². The number of hydrogen-bond donors (Lipinski definition) is 1. The lowest BCUT2D eigenvalue weighted by molar-refractivity contribution is 0.319. The van der Waals surface area contributed by atoms with Crippen molar-refractivity contribution in [2.24, 2.45) is 5.16 Å². The van der Waals surface area contributed by atoms with E-state index in [0.29, 0.717) is 5.71 Å². The van der Waals surface area contributed by atoms with Crippen LogP contribution in [0.1, 0.15) is 23.6 Å². The summed E-state index contributed by atoms with van der Waals surface area (Å²) in [5.74, 6) is 0. The molecule has 2 rings (SSSR count). The SMILES string of the molecule is C=C(C)Cc1ccccc1C(=NO)c1ccccc1. The Morgan fingerprint density at radius 3 is 2.32 bits per heavy atom. The number of nitrogens with zero attached hydrogens (tertiary/aromatic N) is 1. The van der Waals surface area contributed by atoms with Gasteiger partial charge in [0, 0.05) is 11.1 Å². The van der Waals surface area contributed by atoms with Gasteiger partial charge >= 0.3 is 0 Å². The zero-order valence-corrected chi connectivity index (χ0v) is 11.0. The molecule has 0 atom stereocenters. The molecule has 0 aliphatic carbocycles. The third kappa shape index (κ3) is 3.10. The molecule has 0 aliphatic heterocycles. The van der Waals surface area contributed by atoms with Crippen molar-refractivity contribution >= 4 is 5.71 Å². The maximum absolute atomic E-state index is 9.36. The molecule has 0 bridgehead atoms. The Kier molecular flexibility index (Phi) is 4.14. The summed E-state index contributed by atoms with van der Waals surface area (Å²) in [4.78, 5) is 0. The van der Waals surface area contributed by atoms with E-state index in [1.165, 1.54) is 0 Å². The molecular weight excluding hydrogens is 234 g/mol. The first-order valence-electron chi connectivity index (χ1n) is 6.22. The zero-order chi connectivity index (χ0) is 13.7. The van der Waals surface area contributed by atoms with E-state index in [1.807, 2.05) is 61.5 Å². The van der Waals surface area contributed by atoms with E-state index in [1.54, 1.807) is 0 Å². The van der Waals surface area contributed by atoms with Crippen LogP contribution < -0.4 is 0 Å². The fourth-order valence-electron chi connectivity index (χ4n) is 2.09. The van der Waals surface area contributed by atoms with Crippen LogP contribution in [0.5, 0.6) is 0 Å². The number of rotatable bonds is 4. The van der Waals surface area contributed by atoms with Crippen molar-refractivity contribution in [3.8, 4) is 0 Å². The summed E-state index contributed by atoms with van der Waals surface area (Å²) < 4.78 is 0. The average molecular weight is 251 g/mol.